The summed E-state index contributed by atoms with van der Waals surface area (Å²) in [7, 11) is 0. The summed E-state index contributed by atoms with van der Waals surface area (Å²) in [5.41, 5.74) is 2.17. The number of carbonyl (C=O) groups excluding carboxylic acids is 1. The van der Waals surface area contributed by atoms with E-state index in [4.69, 9.17) is 11.6 Å². The fourth-order valence-corrected chi connectivity index (χ4v) is 2.05. The van der Waals surface area contributed by atoms with Crippen LogP contribution in [0.1, 0.15) is 10.5 Å². The van der Waals surface area contributed by atoms with E-state index in [1.54, 1.807) is 5.38 Å². The third-order valence-electron chi connectivity index (χ3n) is 2.07. The number of halogens is 3. The zero-order chi connectivity index (χ0) is 13.8. The standard InChI is InChI=1S/C11H7ClF2N2O2S/c12-7-3-6(1-2-9(7)18-11(13)14)16-10(17)8-4-19-5-15-8/h1-5,11H,(H,16,17). The molecule has 1 N–H and O–H groups in total. The maximum atomic E-state index is 12.0. The van der Waals surface area contributed by atoms with Crippen molar-refractivity contribution < 1.29 is 18.3 Å². The van der Waals surface area contributed by atoms with E-state index in [2.05, 4.69) is 15.0 Å². The SMILES string of the molecule is O=C(Nc1ccc(OC(F)F)c(Cl)c1)c1cscn1. The van der Waals surface area contributed by atoms with E-state index in [0.717, 1.165) is 0 Å². The van der Waals surface area contributed by atoms with Gasteiger partial charge in [-0.1, -0.05) is 11.6 Å². The highest BCUT2D eigenvalue weighted by molar-refractivity contribution is 7.07. The molecular formula is C11H7ClF2N2O2S. The predicted octanol–water partition coefficient (Wildman–Crippen LogP) is 3.65. The van der Waals surface area contributed by atoms with Gasteiger partial charge in [0.05, 0.1) is 10.5 Å². The van der Waals surface area contributed by atoms with Crippen molar-refractivity contribution in [3.63, 3.8) is 0 Å². The van der Waals surface area contributed by atoms with E-state index in [1.807, 2.05) is 0 Å². The molecule has 1 aromatic carbocycles. The van der Waals surface area contributed by atoms with E-state index in [-0.39, 0.29) is 16.5 Å². The van der Waals surface area contributed by atoms with Gasteiger partial charge in [-0.3, -0.25) is 4.79 Å². The van der Waals surface area contributed by atoms with Crippen molar-refractivity contribution in [1.29, 1.82) is 0 Å². The summed E-state index contributed by atoms with van der Waals surface area (Å²) in [5, 5.41) is 4.11. The first-order valence-corrected chi connectivity index (χ1v) is 6.32. The van der Waals surface area contributed by atoms with Gasteiger partial charge in [0.15, 0.2) is 0 Å². The predicted molar refractivity (Wildman–Crippen MR) is 68.2 cm³/mol. The summed E-state index contributed by atoms with van der Waals surface area (Å²) < 4.78 is 28.3. The molecule has 2 aromatic rings. The number of rotatable bonds is 4. The zero-order valence-electron chi connectivity index (χ0n) is 9.27. The fourth-order valence-electron chi connectivity index (χ4n) is 1.29. The number of aromatic nitrogens is 1. The molecule has 0 atom stereocenters. The van der Waals surface area contributed by atoms with Crippen molar-refractivity contribution in [2.24, 2.45) is 0 Å². The first-order valence-electron chi connectivity index (χ1n) is 5.00. The van der Waals surface area contributed by atoms with E-state index in [0.29, 0.717) is 5.69 Å². The molecule has 2 rings (SSSR count). The minimum absolute atomic E-state index is 0.0172. The van der Waals surface area contributed by atoms with Crippen LogP contribution in [0.5, 0.6) is 5.75 Å². The number of ether oxygens (including phenoxy) is 1. The number of alkyl halides is 2. The van der Waals surface area contributed by atoms with Crippen LogP contribution in [0.4, 0.5) is 14.5 Å². The molecule has 0 spiro atoms. The van der Waals surface area contributed by atoms with Gasteiger partial charge in [0, 0.05) is 11.1 Å². The van der Waals surface area contributed by atoms with Crippen molar-refractivity contribution in [2.75, 3.05) is 5.32 Å². The highest BCUT2D eigenvalue weighted by atomic mass is 35.5. The molecule has 0 aliphatic rings. The summed E-state index contributed by atoms with van der Waals surface area (Å²) in [6, 6.07) is 3.99. The molecule has 19 heavy (non-hydrogen) atoms. The number of amides is 1. The fraction of sp³-hybridized carbons (Fsp3) is 0.0909. The molecule has 0 bridgehead atoms. The van der Waals surface area contributed by atoms with Crippen LogP contribution >= 0.6 is 22.9 Å². The smallest absolute Gasteiger partial charge is 0.387 e. The Hall–Kier alpha value is -1.73. The number of hydrogen-bond donors (Lipinski definition) is 1. The largest absolute Gasteiger partial charge is 0.433 e. The molecule has 8 heteroatoms. The number of nitrogens with one attached hydrogen (secondary N) is 1. The maximum Gasteiger partial charge on any atom is 0.387 e. The Balaban J connectivity index is 2.10. The second-order valence-electron chi connectivity index (χ2n) is 3.35. The quantitative estimate of drug-likeness (QED) is 0.938. The van der Waals surface area contributed by atoms with Crippen LogP contribution in [0.3, 0.4) is 0 Å². The molecule has 0 saturated carbocycles. The molecule has 1 heterocycles. The lowest BCUT2D eigenvalue weighted by Crippen LogP contribution is -2.12. The first kappa shape index (κ1) is 13.7. The molecule has 100 valence electrons. The molecule has 4 nitrogen and oxygen atoms in total. The molecule has 0 radical (unpaired) electrons. The number of benzene rings is 1. The highest BCUT2D eigenvalue weighted by Gasteiger charge is 2.11. The average molecular weight is 305 g/mol. The summed E-state index contributed by atoms with van der Waals surface area (Å²) >= 11 is 7.05. The topological polar surface area (TPSA) is 51.2 Å². The minimum atomic E-state index is -2.95. The van der Waals surface area contributed by atoms with Gasteiger partial charge in [-0.15, -0.1) is 11.3 Å². The third-order valence-corrected chi connectivity index (χ3v) is 2.95. The summed E-state index contributed by atoms with van der Waals surface area (Å²) in [6.07, 6.45) is 0. The second-order valence-corrected chi connectivity index (χ2v) is 4.48. The van der Waals surface area contributed by atoms with Gasteiger partial charge < -0.3 is 10.1 Å². The Kier molecular flexibility index (Phi) is 4.28. The number of nitrogens with zero attached hydrogens (tertiary/aromatic N) is 1. The molecule has 0 aliphatic heterocycles. The monoisotopic (exact) mass is 304 g/mol. The van der Waals surface area contributed by atoms with Gasteiger partial charge in [-0.05, 0) is 18.2 Å². The minimum Gasteiger partial charge on any atom is -0.433 e. The van der Waals surface area contributed by atoms with E-state index >= 15 is 0 Å². The molecule has 1 aromatic heterocycles. The Morgan fingerprint density at radius 1 is 1.47 bits per heavy atom. The van der Waals surface area contributed by atoms with E-state index < -0.39 is 12.5 Å². The lowest BCUT2D eigenvalue weighted by Gasteiger charge is -2.08. The molecule has 0 saturated heterocycles. The van der Waals surface area contributed by atoms with Crippen molar-refractivity contribution in [1.82, 2.24) is 4.98 Å². The third kappa shape index (κ3) is 3.62. The molecular weight excluding hydrogens is 298 g/mol. The summed E-state index contributed by atoms with van der Waals surface area (Å²) in [4.78, 5) is 15.5. The molecule has 0 fully saturated rings. The van der Waals surface area contributed by atoms with Gasteiger partial charge in [0.25, 0.3) is 5.91 Å². The van der Waals surface area contributed by atoms with Crippen molar-refractivity contribution in [2.45, 2.75) is 6.61 Å². The molecule has 0 unspecified atom stereocenters. The Labute approximate surface area is 116 Å². The second kappa shape index (κ2) is 5.94. The van der Waals surface area contributed by atoms with Gasteiger partial charge >= 0.3 is 6.61 Å². The zero-order valence-corrected chi connectivity index (χ0v) is 10.8. The van der Waals surface area contributed by atoms with Crippen LogP contribution in [0, 0.1) is 0 Å². The van der Waals surface area contributed by atoms with E-state index in [1.165, 1.54) is 35.0 Å². The number of thiazole rings is 1. The number of hydrogen-bond acceptors (Lipinski definition) is 4. The van der Waals surface area contributed by atoms with Crippen LogP contribution in [0.25, 0.3) is 0 Å². The van der Waals surface area contributed by atoms with Crippen molar-refractivity contribution in [3.05, 3.63) is 39.8 Å². The Morgan fingerprint density at radius 3 is 2.84 bits per heavy atom. The number of anilines is 1. The van der Waals surface area contributed by atoms with Crippen LogP contribution < -0.4 is 10.1 Å². The lowest BCUT2D eigenvalue weighted by molar-refractivity contribution is -0.0497. The molecule has 1 amide bonds. The maximum absolute atomic E-state index is 12.0. The van der Waals surface area contributed by atoms with Crippen LogP contribution in [0.2, 0.25) is 5.02 Å². The van der Waals surface area contributed by atoms with Gasteiger partial charge in [0.2, 0.25) is 0 Å². The average Bonchev–Trinajstić information content (AvgIpc) is 2.86. The van der Waals surface area contributed by atoms with Crippen LogP contribution in [0.15, 0.2) is 29.1 Å². The summed E-state index contributed by atoms with van der Waals surface area (Å²) in [5.74, 6) is -0.553. The van der Waals surface area contributed by atoms with Gasteiger partial charge in [-0.2, -0.15) is 8.78 Å². The Bertz CT molecular complexity index is 578. The molecule has 0 aliphatic carbocycles. The van der Waals surface area contributed by atoms with Crippen molar-refractivity contribution in [3.8, 4) is 5.75 Å². The van der Waals surface area contributed by atoms with E-state index in [9.17, 15) is 13.6 Å². The number of carbonyl (C=O) groups is 1. The summed E-state index contributed by atoms with van der Waals surface area (Å²) in [6.45, 7) is -2.95. The first-order chi connectivity index (χ1) is 9.06. The van der Waals surface area contributed by atoms with Gasteiger partial charge in [-0.25, -0.2) is 4.98 Å². The lowest BCUT2D eigenvalue weighted by atomic mass is 10.3. The van der Waals surface area contributed by atoms with Gasteiger partial charge in [0.1, 0.15) is 11.4 Å². The van der Waals surface area contributed by atoms with Crippen molar-refractivity contribution >= 4 is 34.5 Å². The van der Waals surface area contributed by atoms with Crippen LogP contribution in [-0.2, 0) is 0 Å². The Morgan fingerprint density at radius 2 is 2.26 bits per heavy atom. The highest BCUT2D eigenvalue weighted by Crippen LogP contribution is 2.29. The normalized spacial score (nSPS) is 10.5. The van der Waals surface area contributed by atoms with Crippen LogP contribution in [-0.4, -0.2) is 17.5 Å².